The predicted molar refractivity (Wildman–Crippen MR) is 72.7 cm³/mol. The second-order valence-electron chi connectivity index (χ2n) is 4.17. The highest BCUT2D eigenvalue weighted by Crippen LogP contribution is 2.17. The average molecular weight is 288 g/mol. The van der Waals surface area contributed by atoms with E-state index in [1.807, 2.05) is 30.3 Å². The van der Waals surface area contributed by atoms with E-state index >= 15 is 0 Å². The molecule has 20 heavy (non-hydrogen) atoms. The number of aryl methyl sites for hydroxylation is 1. The van der Waals surface area contributed by atoms with Crippen molar-refractivity contribution < 1.29 is 8.63 Å². The lowest BCUT2D eigenvalue weighted by molar-refractivity contribution is 0.525. The van der Waals surface area contributed by atoms with Crippen molar-refractivity contribution in [1.29, 1.82) is 0 Å². The van der Waals surface area contributed by atoms with E-state index in [-0.39, 0.29) is 5.75 Å². The fraction of sp³-hybridized carbons (Fsp3) is 0.154. The van der Waals surface area contributed by atoms with Crippen LogP contribution in [0.1, 0.15) is 11.6 Å². The average Bonchev–Trinajstić information content (AvgIpc) is 3.08. The second-order valence-corrected chi connectivity index (χ2v) is 5.59. The number of nitrogens with zero attached hydrogens (tertiary/aromatic N) is 4. The summed E-state index contributed by atoms with van der Waals surface area (Å²) >= 11 is 0. The van der Waals surface area contributed by atoms with Crippen LogP contribution in [0.4, 0.5) is 0 Å². The molecule has 0 saturated heterocycles. The summed E-state index contributed by atoms with van der Waals surface area (Å²) in [4.78, 5) is 0.674. The Morgan fingerprint density at radius 3 is 2.75 bits per heavy atom. The van der Waals surface area contributed by atoms with Crippen molar-refractivity contribution in [1.82, 2.24) is 20.2 Å². The van der Waals surface area contributed by atoms with Gasteiger partial charge in [0.05, 0.1) is 33.4 Å². The highest BCUT2D eigenvalue weighted by atomic mass is 32.2. The van der Waals surface area contributed by atoms with Crippen LogP contribution in [0.2, 0.25) is 0 Å². The molecule has 7 heteroatoms. The van der Waals surface area contributed by atoms with E-state index in [1.54, 1.807) is 17.7 Å². The lowest BCUT2D eigenvalue weighted by Crippen LogP contribution is -2.06. The van der Waals surface area contributed by atoms with Crippen molar-refractivity contribution in [3.8, 4) is 5.69 Å². The molecule has 0 amide bonds. The first-order valence-electron chi connectivity index (χ1n) is 6.01. The van der Waals surface area contributed by atoms with Crippen molar-refractivity contribution in [2.45, 2.75) is 17.6 Å². The van der Waals surface area contributed by atoms with Gasteiger partial charge in [0.15, 0.2) is 5.82 Å². The Labute approximate surface area is 117 Å². The highest BCUT2D eigenvalue weighted by molar-refractivity contribution is 7.84. The lowest BCUT2D eigenvalue weighted by Gasteiger charge is -2.03. The van der Waals surface area contributed by atoms with E-state index in [0.29, 0.717) is 16.5 Å². The summed E-state index contributed by atoms with van der Waals surface area (Å²) in [6.45, 7) is 1.79. The van der Waals surface area contributed by atoms with Crippen molar-refractivity contribution in [2.75, 3.05) is 0 Å². The Kier molecular flexibility index (Phi) is 3.42. The normalized spacial score (nSPS) is 12.4. The van der Waals surface area contributed by atoms with Crippen LogP contribution in [0, 0.1) is 6.92 Å². The minimum atomic E-state index is -1.23. The van der Waals surface area contributed by atoms with Crippen molar-refractivity contribution in [3.63, 3.8) is 0 Å². The molecule has 0 radical (unpaired) electrons. The monoisotopic (exact) mass is 288 g/mol. The number of aromatic nitrogens is 4. The molecule has 3 rings (SSSR count). The Morgan fingerprint density at radius 2 is 2.05 bits per heavy atom. The molecule has 0 spiro atoms. The molecule has 3 aromatic rings. The molecule has 0 aliphatic carbocycles. The molecule has 1 aromatic carbocycles. The number of benzene rings is 1. The van der Waals surface area contributed by atoms with E-state index < -0.39 is 10.8 Å². The molecule has 1 unspecified atom stereocenters. The molecule has 0 saturated carbocycles. The number of hydrogen-bond acceptors (Lipinski definition) is 5. The van der Waals surface area contributed by atoms with Gasteiger partial charge in [-0.2, -0.15) is 4.68 Å². The zero-order valence-electron chi connectivity index (χ0n) is 10.8. The molecule has 0 aliphatic heterocycles. The van der Waals surface area contributed by atoms with Gasteiger partial charge in [-0.15, -0.1) is 5.10 Å². The Balaban J connectivity index is 1.88. The molecule has 0 bridgehead atoms. The summed E-state index contributed by atoms with van der Waals surface area (Å²) in [5.74, 6) is 1.44. The summed E-state index contributed by atoms with van der Waals surface area (Å²) in [7, 11) is -1.23. The van der Waals surface area contributed by atoms with E-state index in [9.17, 15) is 4.21 Å². The summed E-state index contributed by atoms with van der Waals surface area (Å²) in [5, 5.41) is 11.6. The van der Waals surface area contributed by atoms with Crippen molar-refractivity contribution >= 4 is 10.8 Å². The zero-order chi connectivity index (χ0) is 13.9. The summed E-state index contributed by atoms with van der Waals surface area (Å²) in [6, 6.07) is 11.2. The molecular formula is C13H12N4O2S. The smallest absolute Gasteiger partial charge is 0.169 e. The number of rotatable bonds is 4. The van der Waals surface area contributed by atoms with Gasteiger partial charge >= 0.3 is 0 Å². The molecule has 0 N–H and O–H groups in total. The van der Waals surface area contributed by atoms with Gasteiger partial charge in [-0.3, -0.25) is 4.21 Å². The third kappa shape index (κ3) is 2.39. The van der Waals surface area contributed by atoms with Crippen LogP contribution < -0.4 is 0 Å². The number of hydrogen-bond donors (Lipinski definition) is 0. The fourth-order valence-corrected chi connectivity index (χ4v) is 3.02. The van der Waals surface area contributed by atoms with E-state index in [2.05, 4.69) is 15.5 Å². The Morgan fingerprint density at radius 1 is 1.25 bits per heavy atom. The van der Waals surface area contributed by atoms with Gasteiger partial charge in [-0.25, -0.2) is 0 Å². The summed E-state index contributed by atoms with van der Waals surface area (Å²) in [6.07, 6.45) is 1.53. The van der Waals surface area contributed by atoms with E-state index in [1.165, 1.54) is 6.26 Å². The molecule has 1 atom stereocenters. The van der Waals surface area contributed by atoms with Gasteiger partial charge in [-0.05, 0) is 35.5 Å². The predicted octanol–water partition coefficient (Wildman–Crippen LogP) is 1.87. The third-order valence-corrected chi connectivity index (χ3v) is 4.29. The number of furan rings is 1. The Hall–Kier alpha value is -2.28. The van der Waals surface area contributed by atoms with E-state index in [0.717, 1.165) is 5.69 Å². The van der Waals surface area contributed by atoms with Crippen LogP contribution in [0.25, 0.3) is 5.69 Å². The molecule has 102 valence electrons. The maximum atomic E-state index is 12.3. The first kappa shape index (κ1) is 12.7. The fourth-order valence-electron chi connectivity index (χ4n) is 1.87. The molecule has 2 heterocycles. The van der Waals surface area contributed by atoms with Crippen LogP contribution in [-0.4, -0.2) is 24.4 Å². The molecule has 0 fully saturated rings. The second kappa shape index (κ2) is 5.38. The van der Waals surface area contributed by atoms with Gasteiger partial charge in [0.1, 0.15) is 5.76 Å². The van der Waals surface area contributed by atoms with Gasteiger partial charge in [-0.1, -0.05) is 18.2 Å². The minimum absolute atomic E-state index is 0.238. The maximum absolute atomic E-state index is 12.3. The van der Waals surface area contributed by atoms with Gasteiger partial charge in [0.2, 0.25) is 0 Å². The lowest BCUT2D eigenvalue weighted by atomic mass is 10.3. The Bertz CT molecular complexity index is 736. The van der Waals surface area contributed by atoms with E-state index in [4.69, 9.17) is 4.42 Å². The molecular weight excluding hydrogens is 276 g/mol. The first-order valence-corrected chi connectivity index (χ1v) is 7.33. The SMILES string of the molecule is Cc1occc1S(=O)Cc1nnnn1-c1ccccc1. The molecule has 0 aliphatic rings. The highest BCUT2D eigenvalue weighted by Gasteiger charge is 2.15. The van der Waals surface area contributed by atoms with Crippen LogP contribution in [0.3, 0.4) is 0 Å². The number of para-hydroxylation sites is 1. The molecule has 2 aromatic heterocycles. The minimum Gasteiger partial charge on any atom is -0.468 e. The van der Waals surface area contributed by atoms with Gasteiger partial charge in [0.25, 0.3) is 0 Å². The van der Waals surface area contributed by atoms with Gasteiger partial charge in [0, 0.05) is 0 Å². The zero-order valence-corrected chi connectivity index (χ0v) is 11.6. The van der Waals surface area contributed by atoms with Gasteiger partial charge < -0.3 is 4.42 Å². The van der Waals surface area contributed by atoms with Crippen LogP contribution >= 0.6 is 0 Å². The van der Waals surface area contributed by atoms with Crippen molar-refractivity contribution in [2.24, 2.45) is 0 Å². The number of tetrazole rings is 1. The quantitative estimate of drug-likeness (QED) is 0.732. The van der Waals surface area contributed by atoms with Crippen LogP contribution in [0.15, 0.2) is 52.0 Å². The largest absolute Gasteiger partial charge is 0.468 e. The van der Waals surface area contributed by atoms with Crippen LogP contribution in [-0.2, 0) is 16.6 Å². The van der Waals surface area contributed by atoms with Crippen LogP contribution in [0.5, 0.6) is 0 Å². The topological polar surface area (TPSA) is 73.8 Å². The summed E-state index contributed by atoms with van der Waals surface area (Å²) < 4.78 is 19.1. The maximum Gasteiger partial charge on any atom is 0.169 e. The first-order chi connectivity index (χ1) is 9.75. The summed E-state index contributed by atoms with van der Waals surface area (Å²) in [5.41, 5.74) is 0.841. The molecule has 6 nitrogen and oxygen atoms in total. The standard InChI is InChI=1S/C13H12N4O2S/c1-10-12(7-8-19-10)20(18)9-13-14-15-16-17(13)11-5-3-2-4-6-11/h2-8H,9H2,1H3. The van der Waals surface area contributed by atoms with Crippen molar-refractivity contribution in [3.05, 3.63) is 54.2 Å². The third-order valence-electron chi connectivity index (χ3n) is 2.85.